The first kappa shape index (κ1) is 27.2. The molecule has 0 saturated heterocycles. The van der Waals surface area contributed by atoms with Crippen LogP contribution >= 0.6 is 43.5 Å². The Morgan fingerprint density at radius 2 is 1.58 bits per heavy atom. The summed E-state index contributed by atoms with van der Waals surface area (Å²) in [6.07, 6.45) is 4.31. The molecule has 0 unspecified atom stereocenters. The topological polar surface area (TPSA) is 75.7 Å². The number of amides is 1. The number of rotatable bonds is 6. The summed E-state index contributed by atoms with van der Waals surface area (Å²) in [4.78, 5) is 41.4. The number of ether oxygens (including phenoxy) is 1. The van der Waals surface area contributed by atoms with Gasteiger partial charge in [0.25, 0.3) is 5.91 Å². The Morgan fingerprint density at radius 3 is 2.13 bits per heavy atom. The van der Waals surface area contributed by atoms with Gasteiger partial charge in [-0.15, -0.1) is 0 Å². The van der Waals surface area contributed by atoms with E-state index in [1.54, 1.807) is 24.3 Å². The third-order valence-corrected chi connectivity index (χ3v) is 8.76. The van der Waals surface area contributed by atoms with Crippen LogP contribution in [-0.4, -0.2) is 35.5 Å². The van der Waals surface area contributed by atoms with Gasteiger partial charge in [0.1, 0.15) is 5.75 Å². The fraction of sp³-hybridized carbons (Fsp3) is 0.345. The number of benzene rings is 2. The van der Waals surface area contributed by atoms with Crippen molar-refractivity contribution in [1.82, 2.24) is 4.90 Å². The van der Waals surface area contributed by atoms with Gasteiger partial charge in [-0.25, -0.2) is 0 Å². The van der Waals surface area contributed by atoms with E-state index in [0.29, 0.717) is 38.2 Å². The van der Waals surface area contributed by atoms with Crippen molar-refractivity contribution in [2.24, 2.45) is 0 Å². The lowest BCUT2D eigenvalue weighted by atomic mass is 9.71. The SMILES string of the molecule is CCN1C2=C(C(=O)CCC2)C(c2cc(Br)c(OCC(=O)Nc3ccccc3Cl)c(Br)c2)C2=C1CCCC2=O. The molecule has 0 bridgehead atoms. The van der Waals surface area contributed by atoms with E-state index in [4.69, 9.17) is 16.3 Å². The van der Waals surface area contributed by atoms with Gasteiger partial charge in [0, 0.05) is 47.8 Å². The third-order valence-electron chi connectivity index (χ3n) is 7.25. The summed E-state index contributed by atoms with van der Waals surface area (Å²) >= 11 is 13.3. The lowest BCUT2D eigenvalue weighted by Crippen LogP contribution is -2.39. The van der Waals surface area contributed by atoms with Gasteiger partial charge in [-0.2, -0.15) is 0 Å². The molecule has 0 fully saturated rings. The highest BCUT2D eigenvalue weighted by molar-refractivity contribution is 9.11. The maximum absolute atomic E-state index is 13.3. The fourth-order valence-corrected chi connectivity index (χ4v) is 7.34. The summed E-state index contributed by atoms with van der Waals surface area (Å²) < 4.78 is 7.11. The minimum absolute atomic E-state index is 0.114. The number of carbonyl (C=O) groups is 3. The van der Waals surface area contributed by atoms with Crippen molar-refractivity contribution in [3.63, 3.8) is 0 Å². The number of hydrogen-bond donors (Lipinski definition) is 1. The molecule has 1 heterocycles. The summed E-state index contributed by atoms with van der Waals surface area (Å²) in [7, 11) is 0. The Bertz CT molecular complexity index is 1330. The van der Waals surface area contributed by atoms with Crippen LogP contribution in [0.2, 0.25) is 5.02 Å². The molecule has 0 atom stereocenters. The first-order valence-electron chi connectivity index (χ1n) is 12.8. The van der Waals surface area contributed by atoms with Crippen LogP contribution in [0.1, 0.15) is 56.9 Å². The Labute approximate surface area is 243 Å². The average molecular weight is 663 g/mol. The zero-order valence-electron chi connectivity index (χ0n) is 20.9. The molecule has 2 aliphatic carbocycles. The van der Waals surface area contributed by atoms with Crippen LogP contribution in [0.3, 0.4) is 0 Å². The van der Waals surface area contributed by atoms with E-state index in [-0.39, 0.29) is 24.1 Å². The predicted octanol–water partition coefficient (Wildman–Crippen LogP) is 7.32. The number of hydrogen-bond acceptors (Lipinski definition) is 5. The maximum Gasteiger partial charge on any atom is 0.262 e. The molecule has 198 valence electrons. The van der Waals surface area contributed by atoms with E-state index in [9.17, 15) is 14.4 Å². The molecule has 2 aromatic rings. The first-order chi connectivity index (χ1) is 18.3. The van der Waals surface area contributed by atoms with Crippen molar-refractivity contribution in [2.75, 3.05) is 18.5 Å². The molecule has 1 amide bonds. The van der Waals surface area contributed by atoms with Crippen LogP contribution in [0.5, 0.6) is 5.75 Å². The predicted molar refractivity (Wildman–Crippen MR) is 154 cm³/mol. The average Bonchev–Trinajstić information content (AvgIpc) is 2.88. The molecular weight excluding hydrogens is 636 g/mol. The van der Waals surface area contributed by atoms with E-state index in [2.05, 4.69) is 49.0 Å². The number of carbonyl (C=O) groups excluding carboxylic acids is 3. The lowest BCUT2D eigenvalue weighted by molar-refractivity contribution is -0.118. The third kappa shape index (κ3) is 5.10. The zero-order chi connectivity index (χ0) is 27.0. The Morgan fingerprint density at radius 1 is 1.00 bits per heavy atom. The molecule has 0 spiro atoms. The molecule has 5 rings (SSSR count). The number of allylic oxidation sites excluding steroid dienone is 4. The van der Waals surface area contributed by atoms with Crippen LogP contribution in [0, 0.1) is 0 Å². The number of ketones is 2. The highest BCUT2D eigenvalue weighted by Crippen LogP contribution is 2.50. The zero-order valence-corrected chi connectivity index (χ0v) is 24.8. The first-order valence-corrected chi connectivity index (χ1v) is 14.7. The normalized spacial score (nSPS) is 17.9. The summed E-state index contributed by atoms with van der Waals surface area (Å²) in [5.74, 6) is -0.0686. The van der Waals surface area contributed by atoms with Crippen molar-refractivity contribution < 1.29 is 19.1 Å². The Hall–Kier alpha value is -2.42. The summed E-state index contributed by atoms with van der Waals surface area (Å²) in [6, 6.07) is 10.8. The summed E-state index contributed by atoms with van der Waals surface area (Å²) in [5.41, 5.74) is 4.98. The van der Waals surface area contributed by atoms with Crippen LogP contribution in [-0.2, 0) is 14.4 Å². The highest BCUT2D eigenvalue weighted by atomic mass is 79.9. The number of Topliss-reactive ketones (excluding diaryl/α,β-unsaturated/α-hetero) is 2. The Kier molecular flexibility index (Phi) is 8.12. The van der Waals surface area contributed by atoms with Gasteiger partial charge in [0.15, 0.2) is 18.2 Å². The summed E-state index contributed by atoms with van der Waals surface area (Å²) in [5, 5.41) is 3.19. The van der Waals surface area contributed by atoms with Crippen LogP contribution in [0.25, 0.3) is 0 Å². The number of halogens is 3. The molecule has 38 heavy (non-hydrogen) atoms. The number of nitrogens with zero attached hydrogens (tertiary/aromatic N) is 1. The smallest absolute Gasteiger partial charge is 0.262 e. The van der Waals surface area contributed by atoms with Gasteiger partial charge in [-0.1, -0.05) is 23.7 Å². The quantitative estimate of drug-likeness (QED) is 0.351. The largest absolute Gasteiger partial charge is 0.481 e. The maximum atomic E-state index is 13.3. The molecule has 0 saturated carbocycles. The monoisotopic (exact) mass is 660 g/mol. The van der Waals surface area contributed by atoms with Crippen molar-refractivity contribution in [3.8, 4) is 5.75 Å². The van der Waals surface area contributed by atoms with Gasteiger partial charge >= 0.3 is 0 Å². The van der Waals surface area contributed by atoms with Crippen LogP contribution < -0.4 is 10.1 Å². The number of anilines is 1. The van der Waals surface area contributed by atoms with Gasteiger partial charge in [-0.3, -0.25) is 14.4 Å². The molecule has 0 aromatic heterocycles. The lowest BCUT2D eigenvalue weighted by Gasteiger charge is -2.43. The molecule has 2 aromatic carbocycles. The van der Waals surface area contributed by atoms with Crippen molar-refractivity contribution in [3.05, 3.63) is 78.5 Å². The molecule has 1 aliphatic heterocycles. The molecular formula is C29H27Br2ClN2O4. The minimum atomic E-state index is -0.409. The van der Waals surface area contributed by atoms with Gasteiger partial charge in [0.05, 0.1) is 19.7 Å². The van der Waals surface area contributed by atoms with E-state index in [0.717, 1.165) is 60.3 Å². The molecule has 0 radical (unpaired) electrons. The molecule has 3 aliphatic rings. The summed E-state index contributed by atoms with van der Waals surface area (Å²) in [6.45, 7) is 2.59. The van der Waals surface area contributed by atoms with Crippen molar-refractivity contribution in [2.45, 2.75) is 51.4 Å². The standard InChI is InChI=1S/C29H27Br2ClN2O4/c1-2-34-21-9-5-11-23(35)27(21)26(28-22(34)10-6-12-24(28)36)16-13-17(30)29(18(31)14-16)38-15-25(37)33-20-8-4-3-7-19(20)32/h3-4,7-8,13-14,26H,2,5-6,9-12,15H2,1H3,(H,33,37). The van der Waals surface area contributed by atoms with E-state index in [1.165, 1.54) is 0 Å². The number of para-hydroxylation sites is 1. The second-order valence-corrected chi connectivity index (χ2v) is 11.7. The molecule has 1 N–H and O–H groups in total. The second-order valence-electron chi connectivity index (χ2n) is 9.58. The molecule has 9 heteroatoms. The van der Waals surface area contributed by atoms with E-state index in [1.807, 2.05) is 12.1 Å². The fourth-order valence-electron chi connectivity index (χ4n) is 5.70. The highest BCUT2D eigenvalue weighted by Gasteiger charge is 2.43. The Balaban J connectivity index is 1.47. The van der Waals surface area contributed by atoms with Crippen LogP contribution in [0.4, 0.5) is 5.69 Å². The number of nitrogens with one attached hydrogen (secondary N) is 1. The van der Waals surface area contributed by atoms with E-state index >= 15 is 0 Å². The minimum Gasteiger partial charge on any atom is -0.481 e. The van der Waals surface area contributed by atoms with Gasteiger partial charge in [-0.05, 0) is 94.3 Å². The van der Waals surface area contributed by atoms with Gasteiger partial charge in [0.2, 0.25) is 0 Å². The van der Waals surface area contributed by atoms with Crippen molar-refractivity contribution in [1.29, 1.82) is 0 Å². The second kappa shape index (κ2) is 11.4. The van der Waals surface area contributed by atoms with Crippen molar-refractivity contribution >= 4 is 66.6 Å². The van der Waals surface area contributed by atoms with E-state index < -0.39 is 5.92 Å². The van der Waals surface area contributed by atoms with Crippen LogP contribution in [0.15, 0.2) is 67.9 Å². The van der Waals surface area contributed by atoms with Gasteiger partial charge < -0.3 is 15.0 Å². The molecule has 6 nitrogen and oxygen atoms in total.